The Morgan fingerprint density at radius 2 is 1.97 bits per heavy atom. The lowest BCUT2D eigenvalue weighted by molar-refractivity contribution is -0.384. The van der Waals surface area contributed by atoms with E-state index in [9.17, 15) is 24.8 Å². The SMILES string of the molecule is Cc1nc2ccccn2c1C(O)=C1C(=O)C(=O)N(CCCn2ccnc2)C1c1cccc([N+](=O)[O-])c1. The molecule has 11 nitrogen and oxygen atoms in total. The van der Waals surface area contributed by atoms with Crippen LogP contribution >= 0.6 is 0 Å². The first kappa shape index (κ1) is 23.0. The van der Waals surface area contributed by atoms with Gasteiger partial charge < -0.3 is 14.6 Å². The highest BCUT2D eigenvalue weighted by atomic mass is 16.6. The number of pyridine rings is 1. The number of nitrogens with zero attached hydrogens (tertiary/aromatic N) is 6. The molecule has 1 fully saturated rings. The minimum atomic E-state index is -0.999. The molecule has 36 heavy (non-hydrogen) atoms. The second-order valence-corrected chi connectivity index (χ2v) is 8.47. The molecule has 1 aromatic carbocycles. The second-order valence-electron chi connectivity index (χ2n) is 8.47. The summed E-state index contributed by atoms with van der Waals surface area (Å²) in [6, 6.07) is 10.1. The number of aliphatic hydroxyl groups excluding tert-OH is 1. The molecule has 1 N–H and O–H groups in total. The number of aryl methyl sites for hydroxylation is 2. The van der Waals surface area contributed by atoms with Crippen LogP contribution in [0, 0.1) is 17.0 Å². The van der Waals surface area contributed by atoms with Gasteiger partial charge in [-0.3, -0.25) is 24.1 Å². The summed E-state index contributed by atoms with van der Waals surface area (Å²) < 4.78 is 3.49. The number of aliphatic hydroxyl groups is 1. The third kappa shape index (κ3) is 3.90. The number of non-ortho nitro benzene ring substituents is 1. The van der Waals surface area contributed by atoms with E-state index in [1.807, 2.05) is 4.57 Å². The molecule has 5 rings (SSSR count). The number of fused-ring (bicyclic) bond motifs is 1. The number of rotatable bonds is 7. The Morgan fingerprint density at radius 3 is 2.72 bits per heavy atom. The number of Topliss-reactive ketones (excluding diaryl/α,β-unsaturated/α-hetero) is 1. The number of benzene rings is 1. The standard InChI is InChI=1S/C25H22N6O5/c1-16-21(29-11-3-2-8-19(29)27-16)23(32)20-22(17-6-4-7-18(14-17)31(35)36)30(25(34)24(20)33)12-5-10-28-13-9-26-15-28/h2-4,6-9,11,13-15,22,32H,5,10,12H2,1H3. The fraction of sp³-hybridized carbons (Fsp3) is 0.200. The van der Waals surface area contributed by atoms with Gasteiger partial charge in [-0.25, -0.2) is 9.97 Å². The predicted molar refractivity (Wildman–Crippen MR) is 129 cm³/mol. The van der Waals surface area contributed by atoms with Crippen LogP contribution in [-0.2, 0) is 16.1 Å². The smallest absolute Gasteiger partial charge is 0.295 e. The van der Waals surface area contributed by atoms with Gasteiger partial charge in [0, 0.05) is 43.8 Å². The molecular weight excluding hydrogens is 464 g/mol. The minimum Gasteiger partial charge on any atom is -0.505 e. The number of nitro groups is 1. The van der Waals surface area contributed by atoms with Gasteiger partial charge in [-0.1, -0.05) is 18.2 Å². The van der Waals surface area contributed by atoms with Gasteiger partial charge in [0.25, 0.3) is 17.4 Å². The highest BCUT2D eigenvalue weighted by Crippen LogP contribution is 2.40. The molecule has 0 spiro atoms. The summed E-state index contributed by atoms with van der Waals surface area (Å²) in [5.41, 5.74) is 1.39. The molecular formula is C25H22N6O5. The van der Waals surface area contributed by atoms with E-state index in [0.717, 1.165) is 0 Å². The molecule has 0 saturated carbocycles. The molecule has 1 atom stereocenters. The van der Waals surface area contributed by atoms with Crippen LogP contribution in [0.3, 0.4) is 0 Å². The number of hydrogen-bond donors (Lipinski definition) is 1. The number of carbonyl (C=O) groups excluding carboxylic acids is 2. The number of aromatic nitrogens is 4. The van der Waals surface area contributed by atoms with Gasteiger partial charge in [-0.05, 0) is 31.0 Å². The van der Waals surface area contributed by atoms with Gasteiger partial charge in [0.15, 0.2) is 5.76 Å². The number of nitro benzene ring substituents is 1. The summed E-state index contributed by atoms with van der Waals surface area (Å²) >= 11 is 0. The number of ketones is 1. The van der Waals surface area contributed by atoms with Gasteiger partial charge in [0.1, 0.15) is 11.3 Å². The Hall–Kier alpha value is -4.80. The second kappa shape index (κ2) is 9.10. The number of carbonyl (C=O) groups is 2. The van der Waals surface area contributed by atoms with E-state index in [1.54, 1.807) is 60.5 Å². The van der Waals surface area contributed by atoms with Crippen molar-refractivity contribution in [2.75, 3.05) is 6.54 Å². The molecule has 4 heterocycles. The number of amides is 1. The average molecular weight is 486 g/mol. The number of hydrogen-bond acceptors (Lipinski definition) is 7. The number of imidazole rings is 2. The van der Waals surface area contributed by atoms with E-state index < -0.39 is 22.7 Å². The van der Waals surface area contributed by atoms with E-state index in [0.29, 0.717) is 29.9 Å². The van der Waals surface area contributed by atoms with Crippen LogP contribution in [0.5, 0.6) is 0 Å². The van der Waals surface area contributed by atoms with Crippen molar-refractivity contribution in [3.8, 4) is 0 Å². The fourth-order valence-corrected chi connectivity index (χ4v) is 4.63. The minimum absolute atomic E-state index is 0.128. The Morgan fingerprint density at radius 1 is 1.14 bits per heavy atom. The molecule has 1 amide bonds. The normalized spacial score (nSPS) is 17.2. The maximum absolute atomic E-state index is 13.3. The number of likely N-dealkylation sites (tertiary alicyclic amines) is 1. The first-order valence-corrected chi connectivity index (χ1v) is 11.3. The Bertz CT molecular complexity index is 1520. The van der Waals surface area contributed by atoms with Crippen LogP contribution in [-0.4, -0.2) is 52.1 Å². The monoisotopic (exact) mass is 486 g/mol. The lowest BCUT2D eigenvalue weighted by atomic mass is 9.96. The Balaban J connectivity index is 1.63. The molecule has 0 aliphatic carbocycles. The van der Waals surface area contributed by atoms with Gasteiger partial charge in [-0.2, -0.15) is 0 Å². The van der Waals surface area contributed by atoms with Crippen molar-refractivity contribution < 1.29 is 19.6 Å². The van der Waals surface area contributed by atoms with Crippen molar-refractivity contribution in [3.63, 3.8) is 0 Å². The predicted octanol–water partition coefficient (Wildman–Crippen LogP) is 3.26. The van der Waals surface area contributed by atoms with Gasteiger partial charge >= 0.3 is 0 Å². The molecule has 11 heteroatoms. The zero-order chi connectivity index (χ0) is 25.4. The summed E-state index contributed by atoms with van der Waals surface area (Å²) in [6.45, 7) is 2.45. The molecule has 3 aromatic heterocycles. The van der Waals surface area contributed by atoms with Crippen LogP contribution in [0.1, 0.15) is 29.4 Å². The van der Waals surface area contributed by atoms with Gasteiger partial charge in [0.2, 0.25) is 0 Å². The van der Waals surface area contributed by atoms with Gasteiger partial charge in [-0.15, -0.1) is 0 Å². The van der Waals surface area contributed by atoms with Crippen LogP contribution in [0.2, 0.25) is 0 Å². The van der Waals surface area contributed by atoms with Gasteiger partial charge in [0.05, 0.1) is 28.6 Å². The summed E-state index contributed by atoms with van der Waals surface area (Å²) in [6.07, 6.45) is 7.30. The molecule has 1 aliphatic rings. The van der Waals surface area contributed by atoms with Crippen molar-refractivity contribution in [1.29, 1.82) is 0 Å². The maximum atomic E-state index is 13.3. The van der Waals surface area contributed by atoms with Crippen LogP contribution in [0.4, 0.5) is 5.69 Å². The summed E-state index contributed by atoms with van der Waals surface area (Å²) in [5.74, 6) is -2.00. The van der Waals surface area contributed by atoms with Crippen molar-refractivity contribution >= 4 is 28.8 Å². The molecule has 4 aromatic rings. The van der Waals surface area contributed by atoms with E-state index in [-0.39, 0.29) is 29.3 Å². The molecule has 1 unspecified atom stereocenters. The lowest BCUT2D eigenvalue weighted by Crippen LogP contribution is -2.31. The van der Waals surface area contributed by atoms with Crippen molar-refractivity contribution in [2.45, 2.75) is 25.9 Å². The third-order valence-electron chi connectivity index (χ3n) is 6.24. The van der Waals surface area contributed by atoms with E-state index in [1.165, 1.54) is 23.1 Å². The molecule has 182 valence electrons. The van der Waals surface area contributed by atoms with Crippen molar-refractivity contribution in [1.82, 2.24) is 23.8 Å². The zero-order valence-electron chi connectivity index (χ0n) is 19.3. The van der Waals surface area contributed by atoms with Crippen LogP contribution in [0.25, 0.3) is 11.4 Å². The maximum Gasteiger partial charge on any atom is 0.295 e. The summed E-state index contributed by atoms with van der Waals surface area (Å²) in [7, 11) is 0. The fourth-order valence-electron chi connectivity index (χ4n) is 4.63. The van der Waals surface area contributed by atoms with Crippen LogP contribution < -0.4 is 0 Å². The molecule has 0 radical (unpaired) electrons. The van der Waals surface area contributed by atoms with E-state index in [2.05, 4.69) is 9.97 Å². The first-order valence-electron chi connectivity index (χ1n) is 11.3. The first-order chi connectivity index (χ1) is 17.4. The molecule has 1 aliphatic heterocycles. The van der Waals surface area contributed by atoms with Crippen LogP contribution in [0.15, 0.2) is 73.0 Å². The average Bonchev–Trinajstić information content (AvgIpc) is 3.56. The largest absolute Gasteiger partial charge is 0.505 e. The molecule has 1 saturated heterocycles. The van der Waals surface area contributed by atoms with E-state index >= 15 is 0 Å². The summed E-state index contributed by atoms with van der Waals surface area (Å²) in [5, 5.41) is 22.9. The lowest BCUT2D eigenvalue weighted by Gasteiger charge is -2.25. The quantitative estimate of drug-likeness (QED) is 0.139. The highest BCUT2D eigenvalue weighted by Gasteiger charge is 2.46. The van der Waals surface area contributed by atoms with Crippen molar-refractivity contribution in [3.05, 3.63) is 100 Å². The van der Waals surface area contributed by atoms with Crippen molar-refractivity contribution in [2.24, 2.45) is 0 Å². The Labute approximate surface area is 205 Å². The highest BCUT2D eigenvalue weighted by molar-refractivity contribution is 6.46. The third-order valence-corrected chi connectivity index (χ3v) is 6.24. The Kier molecular flexibility index (Phi) is 5.80. The van der Waals surface area contributed by atoms with E-state index in [4.69, 9.17) is 0 Å². The molecule has 0 bridgehead atoms. The zero-order valence-corrected chi connectivity index (χ0v) is 19.3. The topological polar surface area (TPSA) is 136 Å². The summed E-state index contributed by atoms with van der Waals surface area (Å²) in [4.78, 5) is 47.2.